The monoisotopic (exact) mass is 283 g/mol. The van der Waals surface area contributed by atoms with Gasteiger partial charge in [0.05, 0.1) is 0 Å². The second-order valence-corrected chi connectivity index (χ2v) is 6.70. The minimum atomic E-state index is 0.724. The lowest BCUT2D eigenvalue weighted by molar-refractivity contribution is 0.0731. The Bertz CT molecular complexity index is 622. The van der Waals surface area contributed by atoms with Crippen LogP contribution in [-0.2, 0) is 13.5 Å². The molecule has 3 nitrogen and oxygen atoms in total. The number of nitrogens with zero attached hydrogens (tertiary/aromatic N) is 2. The normalized spacial score (nSPS) is 28.3. The Morgan fingerprint density at radius 1 is 1.19 bits per heavy atom. The second-order valence-electron chi connectivity index (χ2n) is 6.70. The summed E-state index contributed by atoms with van der Waals surface area (Å²) in [5.74, 6) is 0.919. The Morgan fingerprint density at radius 2 is 2.00 bits per heavy atom. The molecule has 1 aromatic heterocycles. The molecule has 3 fully saturated rings. The number of para-hydroxylation sites is 1. The zero-order valence-corrected chi connectivity index (χ0v) is 12.9. The van der Waals surface area contributed by atoms with Gasteiger partial charge in [-0.2, -0.15) is 0 Å². The van der Waals surface area contributed by atoms with E-state index in [0.717, 1.165) is 24.9 Å². The molecular weight excluding hydrogens is 258 g/mol. The van der Waals surface area contributed by atoms with E-state index >= 15 is 0 Å². The van der Waals surface area contributed by atoms with Crippen molar-refractivity contribution in [2.75, 3.05) is 26.2 Å². The summed E-state index contributed by atoms with van der Waals surface area (Å²) in [5.41, 5.74) is 2.78. The highest BCUT2D eigenvalue weighted by Gasteiger charge is 2.33. The summed E-state index contributed by atoms with van der Waals surface area (Å²) >= 11 is 0. The van der Waals surface area contributed by atoms with Crippen molar-refractivity contribution in [1.29, 1.82) is 0 Å². The first kappa shape index (κ1) is 13.4. The summed E-state index contributed by atoms with van der Waals surface area (Å²) in [5, 5.41) is 5.18. The highest BCUT2D eigenvalue weighted by Crippen LogP contribution is 2.27. The van der Waals surface area contributed by atoms with Crippen molar-refractivity contribution in [3.05, 3.63) is 36.0 Å². The molecule has 1 unspecified atom stereocenters. The van der Waals surface area contributed by atoms with Crippen molar-refractivity contribution >= 4 is 10.9 Å². The van der Waals surface area contributed by atoms with Crippen LogP contribution in [0.15, 0.2) is 30.3 Å². The molecule has 0 amide bonds. The molecule has 112 valence electrons. The van der Waals surface area contributed by atoms with E-state index in [1.54, 1.807) is 0 Å². The number of aryl methyl sites for hydroxylation is 1. The van der Waals surface area contributed by atoms with Crippen LogP contribution < -0.4 is 5.32 Å². The summed E-state index contributed by atoms with van der Waals surface area (Å²) in [6.07, 6.45) is 3.91. The van der Waals surface area contributed by atoms with Crippen LogP contribution in [0.25, 0.3) is 10.9 Å². The van der Waals surface area contributed by atoms with Crippen molar-refractivity contribution in [3.63, 3.8) is 0 Å². The molecule has 3 heteroatoms. The fraction of sp³-hybridized carbons (Fsp3) is 0.556. The van der Waals surface area contributed by atoms with Crippen LogP contribution in [0, 0.1) is 5.92 Å². The molecule has 4 heterocycles. The molecule has 2 bridgehead atoms. The van der Waals surface area contributed by atoms with E-state index in [4.69, 9.17) is 0 Å². The molecule has 0 radical (unpaired) electrons. The number of piperidine rings is 3. The van der Waals surface area contributed by atoms with Crippen LogP contribution in [0.2, 0.25) is 0 Å². The smallest absolute Gasteiger partial charge is 0.0479 e. The predicted octanol–water partition coefficient (Wildman–Crippen LogP) is 2.40. The fourth-order valence-corrected chi connectivity index (χ4v) is 4.17. The molecule has 1 atom stereocenters. The zero-order chi connectivity index (χ0) is 14.2. The molecule has 21 heavy (non-hydrogen) atoms. The Kier molecular flexibility index (Phi) is 3.48. The quantitative estimate of drug-likeness (QED) is 0.930. The standard InChI is InChI=1S/C18H25N3/c1-20-16(12-15-4-2-3-5-18(15)20)6-9-19-17-13-21-10-7-14(17)8-11-21/h2-5,12,14,17,19H,6-11,13H2,1H3. The molecule has 2 aromatic rings. The van der Waals surface area contributed by atoms with Gasteiger partial charge in [-0.05, 0) is 49.4 Å². The molecular formula is C18H25N3. The SMILES string of the molecule is Cn1c(CCNC2CN3CCC2CC3)cc2ccccc21. The lowest BCUT2D eigenvalue weighted by atomic mass is 9.84. The second kappa shape index (κ2) is 5.47. The Hall–Kier alpha value is -1.32. The number of hydrogen-bond donors (Lipinski definition) is 1. The van der Waals surface area contributed by atoms with Crippen molar-refractivity contribution in [2.45, 2.75) is 25.3 Å². The Balaban J connectivity index is 1.39. The number of aromatic nitrogens is 1. The van der Waals surface area contributed by atoms with Gasteiger partial charge in [0.15, 0.2) is 0 Å². The van der Waals surface area contributed by atoms with Gasteiger partial charge in [-0.25, -0.2) is 0 Å². The third-order valence-corrected chi connectivity index (χ3v) is 5.49. The molecule has 1 aromatic carbocycles. The van der Waals surface area contributed by atoms with Gasteiger partial charge in [-0.15, -0.1) is 0 Å². The number of benzene rings is 1. The van der Waals surface area contributed by atoms with Crippen LogP contribution in [0.1, 0.15) is 18.5 Å². The van der Waals surface area contributed by atoms with Crippen molar-refractivity contribution in [3.8, 4) is 0 Å². The first-order chi connectivity index (χ1) is 10.3. The first-order valence-corrected chi connectivity index (χ1v) is 8.30. The molecule has 0 saturated carbocycles. The summed E-state index contributed by atoms with van der Waals surface area (Å²) in [7, 11) is 2.19. The molecule has 3 saturated heterocycles. The van der Waals surface area contributed by atoms with Crippen LogP contribution >= 0.6 is 0 Å². The maximum atomic E-state index is 3.82. The van der Waals surface area contributed by atoms with Gasteiger partial charge in [0.25, 0.3) is 0 Å². The molecule has 3 aliphatic heterocycles. The summed E-state index contributed by atoms with van der Waals surface area (Å²) < 4.78 is 2.34. The molecule has 5 rings (SSSR count). The number of fused-ring (bicyclic) bond motifs is 4. The lowest BCUT2D eigenvalue weighted by Crippen LogP contribution is -2.56. The Labute approximate surface area is 126 Å². The van der Waals surface area contributed by atoms with Crippen molar-refractivity contribution < 1.29 is 0 Å². The summed E-state index contributed by atoms with van der Waals surface area (Å²) in [4.78, 5) is 2.62. The topological polar surface area (TPSA) is 20.2 Å². The maximum Gasteiger partial charge on any atom is 0.0479 e. The van der Waals surface area contributed by atoms with Crippen molar-refractivity contribution in [1.82, 2.24) is 14.8 Å². The lowest BCUT2D eigenvalue weighted by Gasteiger charge is -2.45. The van der Waals surface area contributed by atoms with E-state index in [2.05, 4.69) is 52.2 Å². The minimum absolute atomic E-state index is 0.724. The average Bonchev–Trinajstić information content (AvgIpc) is 2.86. The van der Waals surface area contributed by atoms with Gasteiger partial charge in [0.2, 0.25) is 0 Å². The van der Waals surface area contributed by atoms with E-state index in [1.165, 1.54) is 49.1 Å². The van der Waals surface area contributed by atoms with E-state index in [1.807, 2.05) is 0 Å². The van der Waals surface area contributed by atoms with Gasteiger partial charge in [-0.3, -0.25) is 0 Å². The largest absolute Gasteiger partial charge is 0.348 e. The fourth-order valence-electron chi connectivity index (χ4n) is 4.17. The van der Waals surface area contributed by atoms with Gasteiger partial charge in [0, 0.05) is 43.8 Å². The van der Waals surface area contributed by atoms with Gasteiger partial charge in [-0.1, -0.05) is 18.2 Å². The zero-order valence-electron chi connectivity index (χ0n) is 12.9. The van der Waals surface area contributed by atoms with Gasteiger partial charge in [0.1, 0.15) is 0 Å². The minimum Gasteiger partial charge on any atom is -0.348 e. The molecule has 3 aliphatic rings. The highest BCUT2D eigenvalue weighted by atomic mass is 15.2. The van der Waals surface area contributed by atoms with Crippen LogP contribution in [0.4, 0.5) is 0 Å². The van der Waals surface area contributed by atoms with Crippen LogP contribution in [0.3, 0.4) is 0 Å². The third-order valence-electron chi connectivity index (χ3n) is 5.49. The van der Waals surface area contributed by atoms with E-state index < -0.39 is 0 Å². The van der Waals surface area contributed by atoms with E-state index in [9.17, 15) is 0 Å². The number of nitrogens with one attached hydrogen (secondary N) is 1. The third kappa shape index (κ3) is 2.49. The number of hydrogen-bond acceptors (Lipinski definition) is 2. The predicted molar refractivity (Wildman–Crippen MR) is 87.6 cm³/mol. The summed E-state index contributed by atoms with van der Waals surface area (Å²) in [6, 6.07) is 11.7. The number of rotatable bonds is 4. The van der Waals surface area contributed by atoms with Crippen molar-refractivity contribution in [2.24, 2.45) is 13.0 Å². The highest BCUT2D eigenvalue weighted by molar-refractivity contribution is 5.81. The average molecular weight is 283 g/mol. The molecule has 0 spiro atoms. The molecule has 1 N–H and O–H groups in total. The van der Waals surface area contributed by atoms with Crippen LogP contribution in [0.5, 0.6) is 0 Å². The van der Waals surface area contributed by atoms with Gasteiger partial charge < -0.3 is 14.8 Å². The van der Waals surface area contributed by atoms with E-state index in [-0.39, 0.29) is 0 Å². The van der Waals surface area contributed by atoms with Crippen LogP contribution in [-0.4, -0.2) is 41.7 Å². The van der Waals surface area contributed by atoms with Gasteiger partial charge >= 0.3 is 0 Å². The molecule has 0 aliphatic carbocycles. The Morgan fingerprint density at radius 3 is 2.71 bits per heavy atom. The first-order valence-electron chi connectivity index (χ1n) is 8.30. The van der Waals surface area contributed by atoms with E-state index in [0.29, 0.717) is 0 Å². The maximum absolute atomic E-state index is 3.82. The summed E-state index contributed by atoms with van der Waals surface area (Å²) in [6.45, 7) is 5.01.